The molecule has 0 aromatic carbocycles. The van der Waals surface area contributed by atoms with Crippen molar-refractivity contribution in [3.05, 3.63) is 12.2 Å². The van der Waals surface area contributed by atoms with Gasteiger partial charge in [-0.1, -0.05) is 44.8 Å². The Kier molecular flexibility index (Phi) is 6.14. The number of hydrogen-bond donors (Lipinski definition) is 1. The molecule has 1 aliphatic carbocycles. The molecule has 1 fully saturated rings. The first-order valence-corrected chi connectivity index (χ1v) is 6.27. The molecule has 0 atom stereocenters. The highest BCUT2D eigenvalue weighted by Crippen LogP contribution is 2.17. The quantitative estimate of drug-likeness (QED) is 0.692. The van der Waals surface area contributed by atoms with Crippen LogP contribution in [-0.2, 0) is 4.79 Å². The lowest BCUT2D eigenvalue weighted by molar-refractivity contribution is -0.121. The van der Waals surface area contributed by atoms with Gasteiger partial charge in [0.25, 0.3) is 0 Å². The van der Waals surface area contributed by atoms with Gasteiger partial charge in [-0.15, -0.1) is 0 Å². The highest BCUT2D eigenvalue weighted by atomic mass is 16.1. The van der Waals surface area contributed by atoms with E-state index in [2.05, 4.69) is 18.3 Å². The van der Waals surface area contributed by atoms with E-state index in [0.717, 1.165) is 12.8 Å². The van der Waals surface area contributed by atoms with Crippen molar-refractivity contribution in [3.8, 4) is 0 Å². The Morgan fingerprint density at radius 2 is 2.00 bits per heavy atom. The van der Waals surface area contributed by atoms with Crippen LogP contribution in [0.2, 0.25) is 0 Å². The fourth-order valence-corrected chi connectivity index (χ4v) is 2.01. The molecular weight excluding hydrogens is 186 g/mol. The van der Waals surface area contributed by atoms with Crippen LogP contribution in [0.3, 0.4) is 0 Å². The molecule has 0 aliphatic heterocycles. The summed E-state index contributed by atoms with van der Waals surface area (Å²) in [7, 11) is 0. The second kappa shape index (κ2) is 7.49. The average molecular weight is 209 g/mol. The highest BCUT2D eigenvalue weighted by Gasteiger charge is 2.14. The van der Waals surface area contributed by atoms with Crippen molar-refractivity contribution < 1.29 is 4.79 Å². The Morgan fingerprint density at radius 1 is 1.27 bits per heavy atom. The maximum absolute atomic E-state index is 11.5. The van der Waals surface area contributed by atoms with Crippen LogP contribution < -0.4 is 5.32 Å². The average Bonchev–Trinajstić information content (AvgIpc) is 2.26. The molecule has 0 aromatic heterocycles. The van der Waals surface area contributed by atoms with Gasteiger partial charge >= 0.3 is 0 Å². The van der Waals surface area contributed by atoms with Crippen molar-refractivity contribution in [1.29, 1.82) is 0 Å². The lowest BCUT2D eigenvalue weighted by Gasteiger charge is -2.22. The molecule has 0 unspecified atom stereocenters. The standard InChI is InChI=1S/C13H23NO/c1-2-3-4-8-11-13(15)14-12-9-6-5-7-10-12/h4,8,12H,2-3,5-7,9-11H2,1H3,(H,14,15)/b8-4-. The maximum Gasteiger partial charge on any atom is 0.224 e. The Bertz CT molecular complexity index is 205. The predicted octanol–water partition coefficient (Wildman–Crippen LogP) is 3.18. The molecule has 1 aliphatic rings. The molecule has 0 spiro atoms. The third-order valence-electron chi connectivity index (χ3n) is 2.90. The van der Waals surface area contributed by atoms with Gasteiger partial charge in [0.2, 0.25) is 5.91 Å². The van der Waals surface area contributed by atoms with Gasteiger partial charge in [0.05, 0.1) is 0 Å². The van der Waals surface area contributed by atoms with Crippen LogP contribution in [0.4, 0.5) is 0 Å². The largest absolute Gasteiger partial charge is 0.353 e. The number of carbonyl (C=O) groups excluding carboxylic acids is 1. The molecule has 0 bridgehead atoms. The number of allylic oxidation sites excluding steroid dienone is 1. The Balaban J connectivity index is 2.11. The van der Waals surface area contributed by atoms with Gasteiger partial charge in [-0.3, -0.25) is 4.79 Å². The molecule has 0 saturated heterocycles. The van der Waals surface area contributed by atoms with E-state index in [-0.39, 0.29) is 5.91 Å². The molecule has 1 saturated carbocycles. The summed E-state index contributed by atoms with van der Waals surface area (Å²) in [5.74, 6) is 0.189. The van der Waals surface area contributed by atoms with Crippen LogP contribution in [0.25, 0.3) is 0 Å². The summed E-state index contributed by atoms with van der Waals surface area (Å²) < 4.78 is 0. The zero-order chi connectivity index (χ0) is 10.9. The second-order valence-corrected chi connectivity index (χ2v) is 4.37. The van der Waals surface area contributed by atoms with Gasteiger partial charge in [0.1, 0.15) is 0 Å². The zero-order valence-corrected chi connectivity index (χ0v) is 9.80. The third-order valence-corrected chi connectivity index (χ3v) is 2.90. The minimum Gasteiger partial charge on any atom is -0.353 e. The van der Waals surface area contributed by atoms with E-state index in [9.17, 15) is 4.79 Å². The minimum absolute atomic E-state index is 0.189. The molecule has 1 rings (SSSR count). The first-order valence-electron chi connectivity index (χ1n) is 6.27. The van der Waals surface area contributed by atoms with Crippen molar-refractivity contribution in [2.45, 2.75) is 64.3 Å². The number of nitrogens with one attached hydrogen (secondary N) is 1. The second-order valence-electron chi connectivity index (χ2n) is 4.37. The Labute approximate surface area is 93.1 Å². The fourth-order valence-electron chi connectivity index (χ4n) is 2.01. The minimum atomic E-state index is 0.189. The van der Waals surface area contributed by atoms with Gasteiger partial charge in [-0.25, -0.2) is 0 Å². The van der Waals surface area contributed by atoms with Crippen LogP contribution >= 0.6 is 0 Å². The summed E-state index contributed by atoms with van der Waals surface area (Å²) in [5, 5.41) is 3.11. The van der Waals surface area contributed by atoms with E-state index < -0.39 is 0 Å². The van der Waals surface area contributed by atoms with Gasteiger partial charge in [0, 0.05) is 12.5 Å². The summed E-state index contributed by atoms with van der Waals surface area (Å²) >= 11 is 0. The molecule has 0 radical (unpaired) electrons. The first kappa shape index (κ1) is 12.3. The van der Waals surface area contributed by atoms with Gasteiger partial charge in [-0.05, 0) is 19.3 Å². The van der Waals surface area contributed by atoms with Crippen molar-refractivity contribution in [1.82, 2.24) is 5.32 Å². The van der Waals surface area contributed by atoms with Crippen LogP contribution in [0.5, 0.6) is 0 Å². The topological polar surface area (TPSA) is 29.1 Å². The van der Waals surface area contributed by atoms with Crippen LogP contribution in [-0.4, -0.2) is 11.9 Å². The molecule has 86 valence electrons. The highest BCUT2D eigenvalue weighted by molar-refractivity contribution is 5.77. The lowest BCUT2D eigenvalue weighted by atomic mass is 9.95. The smallest absolute Gasteiger partial charge is 0.224 e. The Hall–Kier alpha value is -0.790. The summed E-state index contributed by atoms with van der Waals surface area (Å²) in [6.45, 7) is 2.15. The number of hydrogen-bond acceptors (Lipinski definition) is 1. The monoisotopic (exact) mass is 209 g/mol. The Morgan fingerprint density at radius 3 is 2.67 bits per heavy atom. The third kappa shape index (κ3) is 5.60. The summed E-state index contributed by atoms with van der Waals surface area (Å²) in [4.78, 5) is 11.5. The van der Waals surface area contributed by atoms with E-state index >= 15 is 0 Å². The van der Waals surface area contributed by atoms with E-state index in [4.69, 9.17) is 0 Å². The number of rotatable bonds is 5. The summed E-state index contributed by atoms with van der Waals surface area (Å²) in [6.07, 6.45) is 13.1. The van der Waals surface area contributed by atoms with E-state index in [0.29, 0.717) is 12.5 Å². The van der Waals surface area contributed by atoms with Crippen LogP contribution in [0, 0.1) is 0 Å². The SMILES string of the molecule is CCC/C=C\CC(=O)NC1CCCCC1. The number of amides is 1. The van der Waals surface area contributed by atoms with Crippen molar-refractivity contribution >= 4 is 5.91 Å². The normalized spacial score (nSPS) is 18.2. The van der Waals surface area contributed by atoms with Crippen molar-refractivity contribution in [2.75, 3.05) is 0 Å². The van der Waals surface area contributed by atoms with Crippen LogP contribution in [0.1, 0.15) is 58.3 Å². The van der Waals surface area contributed by atoms with Crippen LogP contribution in [0.15, 0.2) is 12.2 Å². The van der Waals surface area contributed by atoms with Crippen molar-refractivity contribution in [3.63, 3.8) is 0 Å². The molecule has 0 aromatic rings. The van der Waals surface area contributed by atoms with E-state index in [1.165, 1.54) is 32.1 Å². The van der Waals surface area contributed by atoms with Gasteiger partial charge in [0.15, 0.2) is 0 Å². The molecule has 2 nitrogen and oxygen atoms in total. The zero-order valence-electron chi connectivity index (χ0n) is 9.80. The molecule has 0 heterocycles. The van der Waals surface area contributed by atoms with Gasteiger partial charge < -0.3 is 5.32 Å². The molecule has 1 N–H and O–H groups in total. The fraction of sp³-hybridized carbons (Fsp3) is 0.769. The predicted molar refractivity (Wildman–Crippen MR) is 63.7 cm³/mol. The summed E-state index contributed by atoms with van der Waals surface area (Å²) in [5.41, 5.74) is 0. The van der Waals surface area contributed by atoms with Gasteiger partial charge in [-0.2, -0.15) is 0 Å². The van der Waals surface area contributed by atoms with E-state index in [1.807, 2.05) is 6.08 Å². The lowest BCUT2D eigenvalue weighted by Crippen LogP contribution is -2.35. The molecule has 1 amide bonds. The molecular formula is C13H23NO. The maximum atomic E-state index is 11.5. The number of carbonyl (C=O) groups is 1. The van der Waals surface area contributed by atoms with Crippen molar-refractivity contribution in [2.24, 2.45) is 0 Å². The number of unbranched alkanes of at least 4 members (excludes halogenated alkanes) is 1. The first-order chi connectivity index (χ1) is 7.33. The molecule has 2 heteroatoms. The molecule has 15 heavy (non-hydrogen) atoms. The van der Waals surface area contributed by atoms with E-state index in [1.54, 1.807) is 0 Å². The summed E-state index contributed by atoms with van der Waals surface area (Å²) in [6, 6.07) is 0.450.